The van der Waals surface area contributed by atoms with Gasteiger partial charge in [0.2, 0.25) is 10.0 Å². The first-order chi connectivity index (χ1) is 8.36. The smallest absolute Gasteiger partial charge is 0.387 e. The Morgan fingerprint density at radius 2 is 2.11 bits per heavy atom. The highest BCUT2D eigenvalue weighted by Crippen LogP contribution is 2.28. The van der Waals surface area contributed by atoms with Gasteiger partial charge in [-0.3, -0.25) is 0 Å². The molecular formula is C9H11ClF2N2O3S. The summed E-state index contributed by atoms with van der Waals surface area (Å²) in [4.78, 5) is -0.150. The number of sulfonamides is 1. The van der Waals surface area contributed by atoms with E-state index in [-0.39, 0.29) is 28.8 Å². The summed E-state index contributed by atoms with van der Waals surface area (Å²) in [5.41, 5.74) is 5.17. The summed E-state index contributed by atoms with van der Waals surface area (Å²) in [6.07, 6.45) is 0. The van der Waals surface area contributed by atoms with E-state index in [1.807, 2.05) is 0 Å². The molecule has 0 aromatic heterocycles. The van der Waals surface area contributed by atoms with Crippen LogP contribution in [0.5, 0.6) is 5.75 Å². The van der Waals surface area contributed by atoms with Crippen molar-refractivity contribution in [3.8, 4) is 5.75 Å². The molecule has 5 nitrogen and oxygen atoms in total. The van der Waals surface area contributed by atoms with E-state index in [0.29, 0.717) is 0 Å². The Bertz CT molecular complexity index is 511. The molecule has 0 heterocycles. The molecule has 1 aromatic rings. The molecule has 0 saturated heterocycles. The second-order valence-corrected chi connectivity index (χ2v) is 5.33. The number of alkyl halides is 2. The van der Waals surface area contributed by atoms with Gasteiger partial charge in [0.05, 0.1) is 9.92 Å². The van der Waals surface area contributed by atoms with E-state index in [2.05, 4.69) is 9.46 Å². The minimum Gasteiger partial charge on any atom is -0.433 e. The van der Waals surface area contributed by atoms with Crippen LogP contribution in [-0.2, 0) is 10.0 Å². The summed E-state index contributed by atoms with van der Waals surface area (Å²) in [6, 6.07) is 3.20. The van der Waals surface area contributed by atoms with Crippen LogP contribution in [0.2, 0.25) is 5.02 Å². The summed E-state index contributed by atoms with van der Waals surface area (Å²) in [6.45, 7) is -2.82. The Labute approximate surface area is 108 Å². The lowest BCUT2D eigenvalue weighted by Gasteiger charge is -2.09. The highest BCUT2D eigenvalue weighted by atomic mass is 35.5. The molecule has 1 aromatic carbocycles. The van der Waals surface area contributed by atoms with E-state index in [1.165, 1.54) is 0 Å². The molecule has 0 saturated carbocycles. The summed E-state index contributed by atoms with van der Waals surface area (Å²) in [5, 5.41) is -0.217. The highest BCUT2D eigenvalue weighted by Gasteiger charge is 2.16. The van der Waals surface area contributed by atoms with Crippen LogP contribution >= 0.6 is 11.6 Å². The number of hydrogen-bond acceptors (Lipinski definition) is 4. The summed E-state index contributed by atoms with van der Waals surface area (Å²) in [7, 11) is -3.75. The van der Waals surface area contributed by atoms with E-state index in [9.17, 15) is 17.2 Å². The van der Waals surface area contributed by atoms with Crippen LogP contribution in [0.3, 0.4) is 0 Å². The Balaban J connectivity index is 2.97. The predicted octanol–water partition coefficient (Wildman–Crippen LogP) is 1.18. The molecule has 0 aliphatic carbocycles. The van der Waals surface area contributed by atoms with Crippen LogP contribution in [0.25, 0.3) is 0 Å². The largest absolute Gasteiger partial charge is 0.433 e. The normalized spacial score (nSPS) is 11.8. The van der Waals surface area contributed by atoms with Crippen molar-refractivity contribution in [1.82, 2.24) is 4.72 Å². The first-order valence-corrected chi connectivity index (χ1v) is 6.67. The van der Waals surface area contributed by atoms with Crippen molar-refractivity contribution >= 4 is 21.6 Å². The first kappa shape index (κ1) is 15.1. The molecule has 0 bridgehead atoms. The minimum absolute atomic E-state index is 0.0647. The average molecular weight is 301 g/mol. The van der Waals surface area contributed by atoms with Gasteiger partial charge in [-0.2, -0.15) is 8.78 Å². The molecule has 0 atom stereocenters. The average Bonchev–Trinajstić information content (AvgIpc) is 2.28. The van der Waals surface area contributed by atoms with Crippen molar-refractivity contribution in [1.29, 1.82) is 0 Å². The van der Waals surface area contributed by atoms with Crippen molar-refractivity contribution in [2.75, 3.05) is 13.1 Å². The lowest BCUT2D eigenvalue weighted by atomic mass is 10.3. The van der Waals surface area contributed by atoms with Crippen molar-refractivity contribution in [2.24, 2.45) is 5.73 Å². The van der Waals surface area contributed by atoms with Crippen LogP contribution in [0.4, 0.5) is 8.78 Å². The highest BCUT2D eigenvalue weighted by molar-refractivity contribution is 7.89. The molecule has 0 aliphatic heterocycles. The van der Waals surface area contributed by atoms with Crippen molar-refractivity contribution in [2.45, 2.75) is 11.5 Å². The van der Waals surface area contributed by atoms with Crippen LogP contribution in [-0.4, -0.2) is 28.1 Å². The number of rotatable bonds is 6. The zero-order chi connectivity index (χ0) is 13.8. The Kier molecular flexibility index (Phi) is 5.27. The van der Waals surface area contributed by atoms with Gasteiger partial charge in [-0.1, -0.05) is 11.6 Å². The van der Waals surface area contributed by atoms with Crippen LogP contribution in [0.15, 0.2) is 23.1 Å². The van der Waals surface area contributed by atoms with E-state index < -0.39 is 16.6 Å². The van der Waals surface area contributed by atoms with Gasteiger partial charge in [-0.25, -0.2) is 13.1 Å². The van der Waals surface area contributed by atoms with Gasteiger partial charge >= 0.3 is 6.61 Å². The summed E-state index contributed by atoms with van der Waals surface area (Å²) < 4.78 is 53.6. The molecule has 18 heavy (non-hydrogen) atoms. The number of hydrogen-bond donors (Lipinski definition) is 2. The van der Waals surface area contributed by atoms with Gasteiger partial charge in [0.25, 0.3) is 0 Å². The third kappa shape index (κ3) is 4.05. The molecule has 0 spiro atoms. The summed E-state index contributed by atoms with van der Waals surface area (Å²) >= 11 is 5.64. The second kappa shape index (κ2) is 6.28. The molecule has 1 rings (SSSR count). The lowest BCUT2D eigenvalue weighted by Crippen LogP contribution is -2.29. The fraction of sp³-hybridized carbons (Fsp3) is 0.333. The van der Waals surface area contributed by atoms with Gasteiger partial charge < -0.3 is 10.5 Å². The molecule has 3 N–H and O–H groups in total. The standard InChI is InChI=1S/C9H11ClF2N2O3S/c10-7-5-6(18(15,16)14-4-3-13)1-2-8(7)17-9(11)12/h1-2,5,9,14H,3-4,13H2. The first-order valence-electron chi connectivity index (χ1n) is 4.81. The van der Waals surface area contributed by atoms with E-state index >= 15 is 0 Å². The van der Waals surface area contributed by atoms with Crippen molar-refractivity contribution < 1.29 is 21.9 Å². The predicted molar refractivity (Wildman–Crippen MR) is 62.3 cm³/mol. The molecule has 0 unspecified atom stereocenters. The fourth-order valence-electron chi connectivity index (χ4n) is 1.12. The van der Waals surface area contributed by atoms with Crippen molar-refractivity contribution in [3.63, 3.8) is 0 Å². The van der Waals surface area contributed by atoms with Gasteiger partial charge in [-0.15, -0.1) is 0 Å². The summed E-state index contributed by atoms with van der Waals surface area (Å²) in [5.74, 6) is -0.288. The van der Waals surface area contributed by atoms with E-state index in [1.54, 1.807) is 0 Å². The third-order valence-electron chi connectivity index (χ3n) is 1.87. The molecule has 102 valence electrons. The number of ether oxygens (including phenoxy) is 1. The number of benzene rings is 1. The second-order valence-electron chi connectivity index (χ2n) is 3.16. The molecule has 0 radical (unpaired) electrons. The Hall–Kier alpha value is -0.960. The monoisotopic (exact) mass is 300 g/mol. The van der Waals surface area contributed by atoms with Gasteiger partial charge in [0, 0.05) is 13.1 Å². The van der Waals surface area contributed by atoms with E-state index in [0.717, 1.165) is 18.2 Å². The Morgan fingerprint density at radius 1 is 1.44 bits per heavy atom. The molecule has 0 amide bonds. The van der Waals surface area contributed by atoms with Gasteiger partial charge in [0.1, 0.15) is 5.75 Å². The quantitative estimate of drug-likeness (QED) is 0.826. The maximum atomic E-state index is 12.0. The number of nitrogens with two attached hydrogens (primary N) is 1. The number of nitrogens with one attached hydrogen (secondary N) is 1. The molecular weight excluding hydrogens is 290 g/mol. The zero-order valence-corrected chi connectivity index (χ0v) is 10.6. The Morgan fingerprint density at radius 3 is 2.61 bits per heavy atom. The number of halogens is 3. The van der Waals surface area contributed by atoms with Crippen molar-refractivity contribution in [3.05, 3.63) is 23.2 Å². The van der Waals surface area contributed by atoms with Gasteiger partial charge in [0.15, 0.2) is 0 Å². The van der Waals surface area contributed by atoms with E-state index in [4.69, 9.17) is 17.3 Å². The molecule has 9 heteroatoms. The third-order valence-corrected chi connectivity index (χ3v) is 3.62. The van der Waals surface area contributed by atoms with Gasteiger partial charge in [-0.05, 0) is 18.2 Å². The van der Waals surface area contributed by atoms with Crippen LogP contribution in [0, 0.1) is 0 Å². The SMILES string of the molecule is NCCNS(=O)(=O)c1ccc(OC(F)F)c(Cl)c1. The zero-order valence-electron chi connectivity index (χ0n) is 9.07. The lowest BCUT2D eigenvalue weighted by molar-refractivity contribution is -0.0498. The topological polar surface area (TPSA) is 81.4 Å². The molecule has 0 fully saturated rings. The maximum Gasteiger partial charge on any atom is 0.387 e. The fourth-order valence-corrected chi connectivity index (χ4v) is 2.48. The maximum absolute atomic E-state index is 12.0. The van der Waals surface area contributed by atoms with Crippen LogP contribution in [0.1, 0.15) is 0 Å². The van der Waals surface area contributed by atoms with Crippen LogP contribution < -0.4 is 15.2 Å². The molecule has 0 aliphatic rings. The minimum atomic E-state index is -3.75.